The van der Waals surface area contributed by atoms with E-state index in [1.165, 1.54) is 11.6 Å². The number of benzene rings is 1. The summed E-state index contributed by atoms with van der Waals surface area (Å²) >= 11 is 0. The normalized spacial score (nSPS) is 17.3. The third kappa shape index (κ3) is 3.50. The maximum atomic E-state index is 11.6. The van der Waals surface area contributed by atoms with Crippen molar-refractivity contribution in [2.24, 2.45) is 0 Å². The Morgan fingerprint density at radius 2 is 2.04 bits per heavy atom. The first-order valence-corrected chi connectivity index (χ1v) is 8.65. The molecule has 6 nitrogen and oxygen atoms in total. The summed E-state index contributed by atoms with van der Waals surface area (Å²) in [5, 5.41) is 0. The van der Waals surface area contributed by atoms with Gasteiger partial charge in [-0.2, -0.15) is 0 Å². The van der Waals surface area contributed by atoms with Crippen molar-refractivity contribution in [3.63, 3.8) is 0 Å². The Bertz CT molecular complexity index is 938. The highest BCUT2D eigenvalue weighted by Crippen LogP contribution is 2.25. The molecule has 0 saturated carbocycles. The summed E-state index contributed by atoms with van der Waals surface area (Å²) < 4.78 is 5.92. The lowest BCUT2D eigenvalue weighted by Crippen LogP contribution is -2.38. The minimum atomic E-state index is -0.157. The van der Waals surface area contributed by atoms with E-state index in [9.17, 15) is 4.79 Å². The highest BCUT2D eigenvalue weighted by atomic mass is 16.5. The van der Waals surface area contributed by atoms with Crippen molar-refractivity contribution in [2.75, 3.05) is 24.6 Å². The van der Waals surface area contributed by atoms with E-state index >= 15 is 0 Å². The average molecular weight is 348 g/mol. The number of nitrogens with one attached hydrogen (secondary N) is 1. The van der Waals surface area contributed by atoms with Crippen LogP contribution in [0, 0.1) is 6.92 Å². The van der Waals surface area contributed by atoms with Crippen LogP contribution in [0.15, 0.2) is 59.5 Å². The molecule has 1 saturated heterocycles. The van der Waals surface area contributed by atoms with Gasteiger partial charge in [-0.05, 0) is 24.6 Å². The van der Waals surface area contributed by atoms with Crippen LogP contribution < -0.4 is 10.5 Å². The van der Waals surface area contributed by atoms with Crippen LogP contribution in [0.4, 0.5) is 5.82 Å². The molecule has 0 radical (unpaired) electrons. The molecule has 3 aromatic rings. The first kappa shape index (κ1) is 16.5. The first-order chi connectivity index (χ1) is 12.7. The standard InChI is InChI=1S/C20H20N4O2/c1-14-11-19(25)23-20(22-14)16-7-8-18(21-12-16)24-9-10-26-17(13-24)15-5-3-2-4-6-15/h2-8,11-12,17H,9-10,13H2,1H3,(H,22,23,25). The number of aryl methyl sites for hydroxylation is 1. The molecule has 0 spiro atoms. The zero-order valence-corrected chi connectivity index (χ0v) is 14.6. The van der Waals surface area contributed by atoms with Crippen molar-refractivity contribution in [2.45, 2.75) is 13.0 Å². The highest BCUT2D eigenvalue weighted by molar-refractivity contribution is 5.56. The van der Waals surface area contributed by atoms with Crippen LogP contribution in [-0.4, -0.2) is 34.6 Å². The number of pyridine rings is 1. The third-order valence-electron chi connectivity index (χ3n) is 4.45. The Kier molecular flexibility index (Phi) is 4.50. The Morgan fingerprint density at radius 1 is 1.19 bits per heavy atom. The molecule has 1 atom stereocenters. The van der Waals surface area contributed by atoms with Crippen LogP contribution in [0.3, 0.4) is 0 Å². The average Bonchev–Trinajstić information content (AvgIpc) is 2.68. The summed E-state index contributed by atoms with van der Waals surface area (Å²) in [6, 6.07) is 15.6. The zero-order valence-electron chi connectivity index (χ0n) is 14.6. The third-order valence-corrected chi connectivity index (χ3v) is 4.45. The molecule has 1 N–H and O–H groups in total. The highest BCUT2D eigenvalue weighted by Gasteiger charge is 2.22. The van der Waals surface area contributed by atoms with Crippen molar-refractivity contribution < 1.29 is 4.74 Å². The second-order valence-corrected chi connectivity index (χ2v) is 6.36. The minimum absolute atomic E-state index is 0.0428. The van der Waals surface area contributed by atoms with Crippen molar-refractivity contribution in [3.8, 4) is 11.4 Å². The second kappa shape index (κ2) is 7.09. The monoisotopic (exact) mass is 348 g/mol. The number of ether oxygens (including phenoxy) is 1. The quantitative estimate of drug-likeness (QED) is 0.788. The molecule has 26 heavy (non-hydrogen) atoms. The smallest absolute Gasteiger partial charge is 0.251 e. The van der Waals surface area contributed by atoms with Crippen LogP contribution >= 0.6 is 0 Å². The SMILES string of the molecule is Cc1cc(=O)[nH]c(-c2ccc(N3CCOC(c4ccccc4)C3)nc2)n1. The van der Waals surface area contributed by atoms with Crippen LogP contribution in [0.2, 0.25) is 0 Å². The molecule has 0 bridgehead atoms. The molecule has 1 aliphatic rings. The number of aromatic amines is 1. The largest absolute Gasteiger partial charge is 0.370 e. The predicted molar refractivity (Wildman–Crippen MR) is 100 cm³/mol. The fourth-order valence-corrected chi connectivity index (χ4v) is 3.16. The van der Waals surface area contributed by atoms with Gasteiger partial charge in [-0.15, -0.1) is 0 Å². The van der Waals surface area contributed by atoms with Gasteiger partial charge in [0.25, 0.3) is 5.56 Å². The predicted octanol–water partition coefficient (Wildman–Crippen LogP) is 2.72. The van der Waals surface area contributed by atoms with Gasteiger partial charge in [-0.25, -0.2) is 9.97 Å². The number of morpholine rings is 1. The van der Waals surface area contributed by atoms with E-state index in [1.807, 2.05) is 30.3 Å². The Hall–Kier alpha value is -2.99. The molecular weight excluding hydrogens is 328 g/mol. The number of rotatable bonds is 3. The number of H-pyrrole nitrogens is 1. The van der Waals surface area contributed by atoms with Crippen LogP contribution in [0.1, 0.15) is 17.4 Å². The van der Waals surface area contributed by atoms with Crippen molar-refractivity contribution >= 4 is 5.82 Å². The van der Waals surface area contributed by atoms with Crippen molar-refractivity contribution in [1.29, 1.82) is 0 Å². The van der Waals surface area contributed by atoms with Gasteiger partial charge in [0.1, 0.15) is 17.7 Å². The van der Waals surface area contributed by atoms with Gasteiger partial charge in [0, 0.05) is 36.6 Å². The maximum absolute atomic E-state index is 11.6. The summed E-state index contributed by atoms with van der Waals surface area (Å²) in [6.07, 6.45) is 1.79. The summed E-state index contributed by atoms with van der Waals surface area (Å²) in [4.78, 5) is 25.5. The van der Waals surface area contributed by atoms with Gasteiger partial charge in [-0.3, -0.25) is 4.79 Å². The van der Waals surface area contributed by atoms with E-state index in [1.54, 1.807) is 13.1 Å². The molecule has 2 aromatic heterocycles. The number of nitrogens with zero attached hydrogens (tertiary/aromatic N) is 3. The lowest BCUT2D eigenvalue weighted by molar-refractivity contribution is 0.0395. The summed E-state index contributed by atoms with van der Waals surface area (Å²) in [5.41, 5.74) is 2.50. The first-order valence-electron chi connectivity index (χ1n) is 8.65. The van der Waals surface area contributed by atoms with Gasteiger partial charge >= 0.3 is 0 Å². The molecule has 6 heteroatoms. The van der Waals surface area contributed by atoms with Crippen molar-refractivity contribution in [1.82, 2.24) is 15.0 Å². The minimum Gasteiger partial charge on any atom is -0.370 e. The van der Waals surface area contributed by atoms with E-state index in [2.05, 4.69) is 32.0 Å². The summed E-state index contributed by atoms with van der Waals surface area (Å²) in [5.74, 6) is 1.44. The van der Waals surface area contributed by atoms with Gasteiger partial charge in [0.15, 0.2) is 0 Å². The van der Waals surface area contributed by atoms with Gasteiger partial charge in [-0.1, -0.05) is 30.3 Å². The van der Waals surface area contributed by atoms with E-state index in [4.69, 9.17) is 4.74 Å². The second-order valence-electron chi connectivity index (χ2n) is 6.36. The number of hydrogen-bond donors (Lipinski definition) is 1. The molecule has 1 unspecified atom stereocenters. The Balaban J connectivity index is 1.54. The van der Waals surface area contributed by atoms with Gasteiger partial charge < -0.3 is 14.6 Å². The number of anilines is 1. The molecule has 0 amide bonds. The van der Waals surface area contributed by atoms with E-state index < -0.39 is 0 Å². The van der Waals surface area contributed by atoms with Gasteiger partial charge in [0.05, 0.1) is 6.61 Å². The van der Waals surface area contributed by atoms with E-state index in [-0.39, 0.29) is 11.7 Å². The topological polar surface area (TPSA) is 71.1 Å². The lowest BCUT2D eigenvalue weighted by Gasteiger charge is -2.34. The molecular formula is C20H20N4O2. The molecule has 1 fully saturated rings. The number of hydrogen-bond acceptors (Lipinski definition) is 5. The Morgan fingerprint density at radius 3 is 2.77 bits per heavy atom. The lowest BCUT2D eigenvalue weighted by atomic mass is 10.1. The maximum Gasteiger partial charge on any atom is 0.251 e. The zero-order chi connectivity index (χ0) is 17.9. The summed E-state index contributed by atoms with van der Waals surface area (Å²) in [7, 11) is 0. The van der Waals surface area contributed by atoms with E-state index in [0.717, 1.165) is 24.5 Å². The van der Waals surface area contributed by atoms with Crippen molar-refractivity contribution in [3.05, 3.63) is 76.3 Å². The van der Waals surface area contributed by atoms with Crippen LogP contribution in [0.5, 0.6) is 0 Å². The summed E-state index contributed by atoms with van der Waals surface area (Å²) in [6.45, 7) is 4.03. The molecule has 0 aliphatic carbocycles. The fourth-order valence-electron chi connectivity index (χ4n) is 3.16. The molecule has 1 aromatic carbocycles. The molecule has 1 aliphatic heterocycles. The van der Waals surface area contributed by atoms with Crippen LogP contribution in [0.25, 0.3) is 11.4 Å². The van der Waals surface area contributed by atoms with E-state index in [0.29, 0.717) is 18.1 Å². The molecule has 4 rings (SSSR count). The fraction of sp³-hybridized carbons (Fsp3) is 0.250. The van der Waals surface area contributed by atoms with Crippen LogP contribution in [-0.2, 0) is 4.74 Å². The Labute approximate surface area is 151 Å². The van der Waals surface area contributed by atoms with Gasteiger partial charge in [0.2, 0.25) is 0 Å². The molecule has 132 valence electrons. The molecule has 3 heterocycles. The number of aromatic nitrogens is 3.